The average Bonchev–Trinajstić information content (AvgIpc) is 3.07. The maximum Gasteiger partial charge on any atom is 0.241 e. The van der Waals surface area contributed by atoms with Crippen LogP contribution in [0.1, 0.15) is 24.6 Å². The predicted molar refractivity (Wildman–Crippen MR) is 79.5 cm³/mol. The average molecular weight is 330 g/mol. The summed E-state index contributed by atoms with van der Waals surface area (Å²) in [4.78, 5) is 5.11. The van der Waals surface area contributed by atoms with Gasteiger partial charge in [-0.2, -0.15) is 4.98 Å². The molecule has 2 N–H and O–H groups in total. The largest absolute Gasteiger partial charge is 0.340 e. The quantitative estimate of drug-likeness (QED) is 0.753. The SMILES string of the molecule is CC(C)NCc1cc(S(=O)(=O)NCCc2ncno2)cs1. The topological polar surface area (TPSA) is 97.1 Å². The molecule has 0 aliphatic rings. The lowest BCUT2D eigenvalue weighted by atomic mass is 10.4. The van der Waals surface area contributed by atoms with E-state index in [4.69, 9.17) is 4.52 Å². The third kappa shape index (κ3) is 4.88. The van der Waals surface area contributed by atoms with E-state index in [0.717, 1.165) is 4.88 Å². The molecule has 0 aliphatic carbocycles. The number of nitrogens with zero attached hydrogens (tertiary/aromatic N) is 2. The third-order valence-corrected chi connectivity index (χ3v) is 5.19. The summed E-state index contributed by atoms with van der Waals surface area (Å²) < 4.78 is 31.6. The van der Waals surface area contributed by atoms with Crippen LogP contribution in [0.4, 0.5) is 0 Å². The van der Waals surface area contributed by atoms with Gasteiger partial charge in [0.1, 0.15) is 0 Å². The van der Waals surface area contributed by atoms with Gasteiger partial charge < -0.3 is 9.84 Å². The Morgan fingerprint density at radius 3 is 2.90 bits per heavy atom. The summed E-state index contributed by atoms with van der Waals surface area (Å²) in [6, 6.07) is 2.05. The van der Waals surface area contributed by atoms with E-state index >= 15 is 0 Å². The molecule has 0 amide bonds. The first kappa shape index (κ1) is 16.1. The van der Waals surface area contributed by atoms with Crippen molar-refractivity contribution in [3.63, 3.8) is 0 Å². The zero-order chi connectivity index (χ0) is 15.3. The van der Waals surface area contributed by atoms with E-state index in [1.54, 1.807) is 11.4 Å². The number of rotatable bonds is 8. The van der Waals surface area contributed by atoms with Crippen molar-refractivity contribution in [3.8, 4) is 0 Å². The highest BCUT2D eigenvalue weighted by Gasteiger charge is 2.16. The van der Waals surface area contributed by atoms with E-state index in [-0.39, 0.29) is 6.54 Å². The fraction of sp³-hybridized carbons (Fsp3) is 0.500. The van der Waals surface area contributed by atoms with Gasteiger partial charge in [0.05, 0.1) is 4.90 Å². The number of hydrogen-bond donors (Lipinski definition) is 2. The Hall–Kier alpha value is -1.29. The van der Waals surface area contributed by atoms with Crippen molar-refractivity contribution in [2.24, 2.45) is 0 Å². The van der Waals surface area contributed by atoms with E-state index in [2.05, 4.69) is 20.2 Å². The van der Waals surface area contributed by atoms with Crippen LogP contribution in [0.15, 0.2) is 27.2 Å². The van der Waals surface area contributed by atoms with Crippen LogP contribution in [-0.2, 0) is 23.0 Å². The molecular weight excluding hydrogens is 312 g/mol. The van der Waals surface area contributed by atoms with Crippen molar-refractivity contribution >= 4 is 21.4 Å². The molecular formula is C12H18N4O3S2. The summed E-state index contributed by atoms with van der Waals surface area (Å²) in [5.74, 6) is 0.407. The van der Waals surface area contributed by atoms with E-state index in [1.807, 2.05) is 13.8 Å². The predicted octanol–water partition coefficient (Wildman–Crippen LogP) is 1.15. The van der Waals surface area contributed by atoms with Crippen LogP contribution < -0.4 is 10.0 Å². The van der Waals surface area contributed by atoms with Gasteiger partial charge in [-0.05, 0) is 6.07 Å². The molecule has 0 saturated heterocycles. The molecule has 0 bridgehead atoms. The summed E-state index contributed by atoms with van der Waals surface area (Å²) in [6.07, 6.45) is 1.65. The molecule has 7 nitrogen and oxygen atoms in total. The highest BCUT2D eigenvalue weighted by Crippen LogP contribution is 2.19. The molecule has 0 aromatic carbocycles. The van der Waals surface area contributed by atoms with E-state index in [1.165, 1.54) is 17.7 Å². The number of thiophene rings is 1. The highest BCUT2D eigenvalue weighted by atomic mass is 32.2. The molecule has 9 heteroatoms. The Bertz CT molecular complexity index is 650. The monoisotopic (exact) mass is 330 g/mol. The summed E-state index contributed by atoms with van der Waals surface area (Å²) >= 11 is 1.43. The van der Waals surface area contributed by atoms with Gasteiger partial charge in [0.25, 0.3) is 0 Å². The molecule has 0 aliphatic heterocycles. The third-order valence-electron chi connectivity index (χ3n) is 2.66. The Balaban J connectivity index is 1.89. The second-order valence-corrected chi connectivity index (χ2v) is 7.53. The van der Waals surface area contributed by atoms with Crippen LogP contribution in [-0.4, -0.2) is 31.1 Å². The first-order valence-electron chi connectivity index (χ1n) is 6.53. The van der Waals surface area contributed by atoms with E-state index in [0.29, 0.717) is 29.8 Å². The Morgan fingerprint density at radius 2 is 2.24 bits per heavy atom. The summed E-state index contributed by atoms with van der Waals surface area (Å²) in [7, 11) is -3.49. The molecule has 2 rings (SSSR count). The minimum atomic E-state index is -3.49. The summed E-state index contributed by atoms with van der Waals surface area (Å²) in [5, 5.41) is 8.37. The smallest absolute Gasteiger partial charge is 0.241 e. The van der Waals surface area contributed by atoms with E-state index in [9.17, 15) is 8.42 Å². The Labute approximate surface area is 127 Å². The molecule has 0 radical (unpaired) electrons. The van der Waals surface area contributed by atoms with Crippen molar-refractivity contribution in [2.75, 3.05) is 6.54 Å². The van der Waals surface area contributed by atoms with Gasteiger partial charge in [0.2, 0.25) is 15.9 Å². The highest BCUT2D eigenvalue weighted by molar-refractivity contribution is 7.89. The number of sulfonamides is 1. The molecule has 21 heavy (non-hydrogen) atoms. The Kier molecular flexibility index (Phi) is 5.45. The lowest BCUT2D eigenvalue weighted by Gasteiger charge is -2.05. The van der Waals surface area contributed by atoms with Gasteiger partial charge in [-0.3, -0.25) is 0 Å². The fourth-order valence-electron chi connectivity index (χ4n) is 1.58. The van der Waals surface area contributed by atoms with Crippen molar-refractivity contribution in [1.29, 1.82) is 0 Å². The normalized spacial score (nSPS) is 12.1. The maximum absolute atomic E-state index is 12.1. The number of aromatic nitrogens is 2. The van der Waals surface area contributed by atoms with Gasteiger partial charge in [-0.15, -0.1) is 11.3 Å². The Morgan fingerprint density at radius 1 is 1.43 bits per heavy atom. The first-order chi connectivity index (χ1) is 9.97. The van der Waals surface area contributed by atoms with Gasteiger partial charge in [0.15, 0.2) is 6.33 Å². The maximum atomic E-state index is 12.1. The van der Waals surface area contributed by atoms with Gasteiger partial charge in [-0.1, -0.05) is 19.0 Å². The molecule has 2 aromatic rings. The van der Waals surface area contributed by atoms with Crippen LogP contribution in [0, 0.1) is 0 Å². The van der Waals surface area contributed by atoms with Crippen LogP contribution in [0.5, 0.6) is 0 Å². The van der Waals surface area contributed by atoms with Crippen LogP contribution in [0.2, 0.25) is 0 Å². The standard InChI is InChI=1S/C12H18N4O3S2/c1-9(2)13-6-10-5-11(7-20-10)21(17,18)16-4-3-12-14-8-15-19-12/h5,7-9,13,16H,3-4,6H2,1-2H3. The van der Waals surface area contributed by atoms with E-state index < -0.39 is 10.0 Å². The number of nitrogens with one attached hydrogen (secondary N) is 2. The minimum Gasteiger partial charge on any atom is -0.340 e. The van der Waals surface area contributed by atoms with Crippen molar-refractivity contribution in [1.82, 2.24) is 20.2 Å². The number of hydrogen-bond acceptors (Lipinski definition) is 7. The molecule has 0 spiro atoms. The molecule has 0 unspecified atom stereocenters. The van der Waals surface area contributed by atoms with Crippen LogP contribution in [0.3, 0.4) is 0 Å². The molecule has 0 fully saturated rings. The zero-order valence-electron chi connectivity index (χ0n) is 11.9. The van der Waals surface area contributed by atoms with Crippen molar-refractivity contribution < 1.29 is 12.9 Å². The minimum absolute atomic E-state index is 0.222. The van der Waals surface area contributed by atoms with Gasteiger partial charge >= 0.3 is 0 Å². The second kappa shape index (κ2) is 7.12. The van der Waals surface area contributed by atoms with Crippen molar-refractivity contribution in [3.05, 3.63) is 28.5 Å². The molecule has 2 heterocycles. The first-order valence-corrected chi connectivity index (χ1v) is 8.89. The summed E-state index contributed by atoms with van der Waals surface area (Å²) in [6.45, 7) is 4.98. The van der Waals surface area contributed by atoms with Crippen molar-refractivity contribution in [2.45, 2.75) is 37.8 Å². The molecule has 116 valence electrons. The van der Waals surface area contributed by atoms with Gasteiger partial charge in [-0.25, -0.2) is 13.1 Å². The second-order valence-electron chi connectivity index (χ2n) is 4.77. The fourth-order valence-corrected chi connectivity index (χ4v) is 3.84. The lowest BCUT2D eigenvalue weighted by Crippen LogP contribution is -2.25. The van der Waals surface area contributed by atoms with Crippen LogP contribution in [0.25, 0.3) is 0 Å². The lowest BCUT2D eigenvalue weighted by molar-refractivity contribution is 0.377. The molecule has 0 atom stereocenters. The summed E-state index contributed by atoms with van der Waals surface area (Å²) in [5.41, 5.74) is 0. The molecule has 2 aromatic heterocycles. The molecule has 0 saturated carbocycles. The van der Waals surface area contributed by atoms with Crippen LogP contribution >= 0.6 is 11.3 Å². The zero-order valence-corrected chi connectivity index (χ0v) is 13.5. The van der Waals surface area contributed by atoms with Gasteiger partial charge in [0, 0.05) is 35.8 Å².